The monoisotopic (exact) mass is 629 g/mol. The summed E-state index contributed by atoms with van der Waals surface area (Å²) in [5, 5.41) is 10.4. The number of fused-ring (bicyclic) bond motifs is 2. The Kier molecular flexibility index (Phi) is 13.5. The molecule has 0 radical (unpaired) electrons. The molecule has 246 valence electrons. The molecule has 0 bridgehead atoms. The Morgan fingerprint density at radius 1 is 0.652 bits per heavy atom. The zero-order chi connectivity index (χ0) is 31.8. The van der Waals surface area contributed by atoms with E-state index in [9.17, 15) is 4.79 Å². The summed E-state index contributed by atoms with van der Waals surface area (Å²) in [6, 6.07) is 25.3. The maximum absolute atomic E-state index is 12.6. The predicted octanol–water partition coefficient (Wildman–Crippen LogP) is 6.48. The molecule has 0 aliphatic carbocycles. The van der Waals surface area contributed by atoms with Crippen molar-refractivity contribution in [3.05, 3.63) is 72.8 Å². The van der Waals surface area contributed by atoms with Gasteiger partial charge >= 0.3 is 6.03 Å². The van der Waals surface area contributed by atoms with Gasteiger partial charge in [0.05, 0.1) is 71.8 Å². The van der Waals surface area contributed by atoms with Gasteiger partial charge in [0.2, 0.25) is 0 Å². The lowest BCUT2D eigenvalue weighted by atomic mass is 9.97. The summed E-state index contributed by atoms with van der Waals surface area (Å²) in [5.41, 5.74) is 4.12. The SMILES string of the molecule is CCCCNC(=O)Nc1cccc2ccc(-c3ccc4cccc(N5CCOCCOCCOCCOCCOCC5)c4c3)cc12. The van der Waals surface area contributed by atoms with Crippen molar-refractivity contribution in [3.63, 3.8) is 0 Å². The number of amides is 2. The Bertz CT molecular complexity index is 1510. The van der Waals surface area contributed by atoms with Crippen molar-refractivity contribution in [1.29, 1.82) is 0 Å². The lowest BCUT2D eigenvalue weighted by molar-refractivity contribution is -0.0116. The van der Waals surface area contributed by atoms with E-state index in [0.717, 1.165) is 64.6 Å². The zero-order valence-electron chi connectivity index (χ0n) is 26.9. The molecule has 0 saturated carbocycles. The van der Waals surface area contributed by atoms with Crippen molar-refractivity contribution in [2.75, 3.05) is 95.9 Å². The fraction of sp³-hybridized carbons (Fsp3) is 0.432. The minimum atomic E-state index is -0.182. The van der Waals surface area contributed by atoms with Gasteiger partial charge in [-0.3, -0.25) is 0 Å². The maximum atomic E-state index is 12.6. The summed E-state index contributed by atoms with van der Waals surface area (Å²) in [4.78, 5) is 14.9. The minimum Gasteiger partial charge on any atom is -0.377 e. The number of urea groups is 1. The number of carbonyl (C=O) groups is 1. The molecule has 0 unspecified atom stereocenters. The Labute approximate surface area is 272 Å². The molecule has 2 N–H and O–H groups in total. The van der Waals surface area contributed by atoms with Crippen LogP contribution in [-0.2, 0) is 23.7 Å². The van der Waals surface area contributed by atoms with Gasteiger partial charge in [0, 0.05) is 36.1 Å². The van der Waals surface area contributed by atoms with Crippen molar-refractivity contribution in [2.24, 2.45) is 0 Å². The molecule has 1 aliphatic rings. The molecule has 1 aliphatic heterocycles. The number of nitrogens with zero attached hydrogens (tertiary/aromatic N) is 1. The molecule has 9 heteroatoms. The number of ether oxygens (including phenoxy) is 5. The quantitative estimate of drug-likeness (QED) is 0.236. The largest absolute Gasteiger partial charge is 0.377 e. The van der Waals surface area contributed by atoms with Crippen LogP contribution in [0.3, 0.4) is 0 Å². The van der Waals surface area contributed by atoms with Crippen LogP contribution in [0.5, 0.6) is 0 Å². The van der Waals surface area contributed by atoms with Gasteiger partial charge in [-0.25, -0.2) is 4.79 Å². The topological polar surface area (TPSA) is 90.5 Å². The second-order valence-corrected chi connectivity index (χ2v) is 11.2. The first-order valence-corrected chi connectivity index (χ1v) is 16.5. The molecular weight excluding hydrogens is 582 g/mol. The second kappa shape index (κ2) is 18.4. The van der Waals surface area contributed by atoms with Crippen molar-refractivity contribution >= 4 is 39.0 Å². The minimum absolute atomic E-state index is 0.182. The van der Waals surface area contributed by atoms with E-state index in [1.165, 1.54) is 5.39 Å². The fourth-order valence-electron chi connectivity index (χ4n) is 5.50. The molecule has 1 heterocycles. The number of anilines is 2. The number of rotatable bonds is 6. The highest BCUT2D eigenvalue weighted by Crippen LogP contribution is 2.34. The number of benzene rings is 4. The number of hydrogen-bond acceptors (Lipinski definition) is 7. The van der Waals surface area contributed by atoms with E-state index < -0.39 is 0 Å². The molecule has 9 nitrogen and oxygen atoms in total. The molecular formula is C37H47N3O6. The molecule has 46 heavy (non-hydrogen) atoms. The lowest BCUT2D eigenvalue weighted by Crippen LogP contribution is -2.32. The van der Waals surface area contributed by atoms with E-state index in [0.29, 0.717) is 72.6 Å². The first kappa shape index (κ1) is 33.6. The van der Waals surface area contributed by atoms with Gasteiger partial charge < -0.3 is 39.2 Å². The number of carbonyl (C=O) groups excluding carboxylic acids is 1. The van der Waals surface area contributed by atoms with Crippen LogP contribution in [0, 0.1) is 0 Å². The van der Waals surface area contributed by atoms with E-state index in [-0.39, 0.29) is 6.03 Å². The Morgan fingerprint density at radius 2 is 1.17 bits per heavy atom. The molecule has 1 fully saturated rings. The van der Waals surface area contributed by atoms with Crippen molar-refractivity contribution in [3.8, 4) is 11.1 Å². The molecule has 2 amide bonds. The standard InChI is InChI=1S/C37H47N3O6/c1-2-3-14-38-37(41)39-35-8-4-6-29-10-12-31(27-33(29)35)32-13-11-30-7-5-9-36(34(30)28-32)40-15-17-42-19-21-44-23-25-46-26-24-45-22-20-43-18-16-40/h4-13,27-28H,2-3,14-26H2,1H3,(H2,38,39,41). The summed E-state index contributed by atoms with van der Waals surface area (Å²) < 4.78 is 28.6. The average Bonchev–Trinajstić information content (AvgIpc) is 3.08. The van der Waals surface area contributed by atoms with E-state index in [1.807, 2.05) is 12.1 Å². The number of nitrogens with one attached hydrogen (secondary N) is 2. The summed E-state index contributed by atoms with van der Waals surface area (Å²) in [6.07, 6.45) is 1.99. The van der Waals surface area contributed by atoms with Gasteiger partial charge in [-0.2, -0.15) is 0 Å². The van der Waals surface area contributed by atoms with Crippen LogP contribution in [-0.4, -0.2) is 91.7 Å². The van der Waals surface area contributed by atoms with Crippen LogP contribution in [0.25, 0.3) is 32.7 Å². The molecule has 0 atom stereocenters. The summed E-state index contributed by atoms with van der Waals surface area (Å²) >= 11 is 0. The van der Waals surface area contributed by atoms with Gasteiger partial charge in [-0.05, 0) is 52.6 Å². The van der Waals surface area contributed by atoms with E-state index in [4.69, 9.17) is 23.7 Å². The van der Waals surface area contributed by atoms with E-state index in [2.05, 4.69) is 83.1 Å². The second-order valence-electron chi connectivity index (χ2n) is 11.2. The molecule has 0 spiro atoms. The number of unbranched alkanes of at least 4 members (excludes halogenated alkanes) is 1. The third kappa shape index (κ3) is 9.88. The van der Waals surface area contributed by atoms with Crippen LogP contribution < -0.4 is 15.5 Å². The smallest absolute Gasteiger partial charge is 0.319 e. The van der Waals surface area contributed by atoms with Gasteiger partial charge in [0.1, 0.15) is 0 Å². The predicted molar refractivity (Wildman–Crippen MR) is 185 cm³/mol. The van der Waals surface area contributed by atoms with Crippen molar-refractivity contribution < 1.29 is 28.5 Å². The van der Waals surface area contributed by atoms with Crippen LogP contribution in [0.2, 0.25) is 0 Å². The Morgan fingerprint density at radius 3 is 1.76 bits per heavy atom. The fourth-order valence-corrected chi connectivity index (χ4v) is 5.50. The highest BCUT2D eigenvalue weighted by molar-refractivity contribution is 6.04. The summed E-state index contributed by atoms with van der Waals surface area (Å²) in [7, 11) is 0. The molecule has 1 saturated heterocycles. The van der Waals surface area contributed by atoms with Crippen LogP contribution in [0.15, 0.2) is 72.8 Å². The first-order valence-electron chi connectivity index (χ1n) is 16.5. The normalized spacial score (nSPS) is 16.5. The Hall–Kier alpha value is -3.73. The van der Waals surface area contributed by atoms with Gasteiger partial charge in [-0.1, -0.05) is 61.9 Å². The highest BCUT2D eigenvalue weighted by atomic mass is 16.6. The molecule has 5 rings (SSSR count). The summed E-state index contributed by atoms with van der Waals surface area (Å²) in [6.45, 7) is 9.67. The zero-order valence-corrected chi connectivity index (χ0v) is 26.9. The van der Waals surface area contributed by atoms with Crippen molar-refractivity contribution in [1.82, 2.24) is 5.32 Å². The summed E-state index contributed by atoms with van der Waals surface area (Å²) in [5.74, 6) is 0. The van der Waals surface area contributed by atoms with E-state index >= 15 is 0 Å². The third-order valence-corrected chi connectivity index (χ3v) is 7.98. The molecule has 4 aromatic carbocycles. The van der Waals surface area contributed by atoms with Crippen LogP contribution >= 0.6 is 0 Å². The number of hydrogen-bond donors (Lipinski definition) is 2. The molecule has 0 aromatic heterocycles. The van der Waals surface area contributed by atoms with Gasteiger partial charge in [-0.15, -0.1) is 0 Å². The maximum Gasteiger partial charge on any atom is 0.319 e. The lowest BCUT2D eigenvalue weighted by Gasteiger charge is -2.26. The first-order chi connectivity index (χ1) is 22.7. The van der Waals surface area contributed by atoms with Gasteiger partial charge in [0.25, 0.3) is 0 Å². The Balaban J connectivity index is 1.37. The molecule has 4 aromatic rings. The van der Waals surface area contributed by atoms with Crippen LogP contribution in [0.4, 0.5) is 16.2 Å². The van der Waals surface area contributed by atoms with Crippen molar-refractivity contribution in [2.45, 2.75) is 19.8 Å². The van der Waals surface area contributed by atoms with Gasteiger partial charge in [0.15, 0.2) is 0 Å². The average molecular weight is 630 g/mol. The highest BCUT2D eigenvalue weighted by Gasteiger charge is 2.13. The van der Waals surface area contributed by atoms with Crippen LogP contribution in [0.1, 0.15) is 19.8 Å². The third-order valence-electron chi connectivity index (χ3n) is 7.98. The van der Waals surface area contributed by atoms with E-state index in [1.54, 1.807) is 0 Å².